The lowest BCUT2D eigenvalue weighted by Crippen LogP contribution is -2.47. The lowest BCUT2D eigenvalue weighted by atomic mass is 9.49. The molecule has 1 amide bonds. The molecule has 5 nitrogen and oxygen atoms in total. The van der Waals surface area contributed by atoms with E-state index < -0.39 is 4.92 Å². The van der Waals surface area contributed by atoms with Crippen LogP contribution in [0, 0.1) is 33.3 Å². The molecule has 0 aliphatic heterocycles. The molecule has 0 saturated heterocycles. The van der Waals surface area contributed by atoms with Crippen LogP contribution < -0.4 is 5.32 Å². The number of hydrogen-bond acceptors (Lipinski definition) is 3. The van der Waals surface area contributed by atoms with E-state index in [2.05, 4.69) is 5.32 Å². The molecule has 1 aromatic rings. The number of nitro groups is 1. The van der Waals surface area contributed by atoms with Crippen molar-refractivity contribution in [1.29, 1.82) is 0 Å². The highest BCUT2D eigenvalue weighted by molar-refractivity contribution is 6.33. The van der Waals surface area contributed by atoms with E-state index in [-0.39, 0.29) is 22.0 Å². The van der Waals surface area contributed by atoms with Gasteiger partial charge >= 0.3 is 0 Å². The maximum absolute atomic E-state index is 12.6. The van der Waals surface area contributed by atoms with E-state index in [0.29, 0.717) is 12.1 Å². The van der Waals surface area contributed by atoms with Crippen molar-refractivity contribution in [3.8, 4) is 0 Å². The minimum Gasteiger partial charge on any atom is -0.325 e. The van der Waals surface area contributed by atoms with Gasteiger partial charge in [-0.15, -0.1) is 0 Å². The Labute approximate surface area is 145 Å². The molecule has 128 valence electrons. The Morgan fingerprint density at radius 1 is 1.21 bits per heavy atom. The van der Waals surface area contributed by atoms with Crippen LogP contribution in [0.5, 0.6) is 0 Å². The molecule has 1 aromatic carbocycles. The van der Waals surface area contributed by atoms with Gasteiger partial charge in [0.15, 0.2) is 0 Å². The maximum Gasteiger partial charge on any atom is 0.271 e. The highest BCUT2D eigenvalue weighted by Gasteiger charge is 2.51. The monoisotopic (exact) mass is 348 g/mol. The van der Waals surface area contributed by atoms with Crippen LogP contribution in [0.2, 0.25) is 5.02 Å². The Kier molecular flexibility index (Phi) is 3.79. The number of amides is 1. The van der Waals surface area contributed by atoms with Gasteiger partial charge in [-0.2, -0.15) is 0 Å². The van der Waals surface area contributed by atoms with Gasteiger partial charge in [-0.3, -0.25) is 14.9 Å². The number of nitrogens with one attached hydrogen (secondary N) is 1. The molecule has 5 rings (SSSR count). The number of halogens is 1. The third-order valence-electron chi connectivity index (χ3n) is 6.14. The molecule has 0 unspecified atom stereocenters. The second-order valence-corrected chi connectivity index (χ2v) is 8.47. The zero-order valence-electron chi connectivity index (χ0n) is 13.5. The number of hydrogen-bond donors (Lipinski definition) is 1. The predicted molar refractivity (Wildman–Crippen MR) is 92.0 cm³/mol. The van der Waals surface area contributed by atoms with Crippen molar-refractivity contribution in [3.05, 3.63) is 33.3 Å². The molecular weight excluding hydrogens is 328 g/mol. The van der Waals surface area contributed by atoms with E-state index >= 15 is 0 Å². The molecule has 4 saturated carbocycles. The standard InChI is InChI=1S/C18H21ClN2O3/c19-15-6-14(21(23)24)1-2-16(15)20-17(22)10-18-7-11-3-12(8-18)5-13(4-11)9-18/h1-2,6,11-13H,3-5,7-10H2,(H,20,22). The van der Waals surface area contributed by atoms with Crippen LogP contribution in [0.1, 0.15) is 44.9 Å². The molecule has 0 aromatic heterocycles. The van der Waals surface area contributed by atoms with Crippen molar-refractivity contribution in [2.24, 2.45) is 23.2 Å². The zero-order valence-corrected chi connectivity index (χ0v) is 14.2. The first-order chi connectivity index (χ1) is 11.4. The van der Waals surface area contributed by atoms with Crippen molar-refractivity contribution in [2.45, 2.75) is 44.9 Å². The van der Waals surface area contributed by atoms with E-state index in [1.165, 1.54) is 56.7 Å². The third kappa shape index (κ3) is 2.90. The van der Waals surface area contributed by atoms with E-state index in [9.17, 15) is 14.9 Å². The summed E-state index contributed by atoms with van der Waals surface area (Å²) in [6.45, 7) is 0. The van der Waals surface area contributed by atoms with E-state index in [1.807, 2.05) is 0 Å². The Morgan fingerprint density at radius 3 is 2.29 bits per heavy atom. The summed E-state index contributed by atoms with van der Waals surface area (Å²) in [6.07, 6.45) is 8.16. The first-order valence-electron chi connectivity index (χ1n) is 8.66. The van der Waals surface area contributed by atoms with Crippen LogP contribution in [0.25, 0.3) is 0 Å². The third-order valence-corrected chi connectivity index (χ3v) is 6.45. The number of anilines is 1. The molecule has 0 heterocycles. The number of carbonyl (C=O) groups excluding carboxylic acids is 1. The largest absolute Gasteiger partial charge is 0.325 e. The smallest absolute Gasteiger partial charge is 0.271 e. The predicted octanol–water partition coefficient (Wildman–Crippen LogP) is 4.79. The average molecular weight is 349 g/mol. The van der Waals surface area contributed by atoms with Crippen molar-refractivity contribution >= 4 is 28.9 Å². The first-order valence-corrected chi connectivity index (χ1v) is 9.04. The molecule has 1 N–H and O–H groups in total. The summed E-state index contributed by atoms with van der Waals surface area (Å²) in [5, 5.41) is 13.8. The molecule has 4 bridgehead atoms. The van der Waals surface area contributed by atoms with E-state index in [0.717, 1.165) is 17.8 Å². The SMILES string of the molecule is O=C(CC12CC3CC(CC(C3)C1)C2)Nc1ccc([N+](=O)[O-])cc1Cl. The molecule has 4 fully saturated rings. The van der Waals surface area contributed by atoms with Gasteiger partial charge in [0.2, 0.25) is 5.91 Å². The van der Waals surface area contributed by atoms with Gasteiger partial charge in [0.1, 0.15) is 0 Å². The van der Waals surface area contributed by atoms with Crippen LogP contribution in [-0.4, -0.2) is 10.8 Å². The summed E-state index contributed by atoms with van der Waals surface area (Å²) in [5.74, 6) is 2.42. The van der Waals surface area contributed by atoms with Gasteiger partial charge in [0.05, 0.1) is 15.6 Å². The summed E-state index contributed by atoms with van der Waals surface area (Å²) >= 11 is 6.07. The quantitative estimate of drug-likeness (QED) is 0.627. The maximum atomic E-state index is 12.6. The fraction of sp³-hybridized carbons (Fsp3) is 0.611. The Morgan fingerprint density at radius 2 is 1.79 bits per heavy atom. The zero-order chi connectivity index (χ0) is 16.9. The second-order valence-electron chi connectivity index (χ2n) is 8.06. The average Bonchev–Trinajstić information content (AvgIpc) is 2.47. The van der Waals surface area contributed by atoms with Crippen LogP contribution in [-0.2, 0) is 4.79 Å². The molecule has 4 aliphatic carbocycles. The topological polar surface area (TPSA) is 72.2 Å². The number of non-ortho nitro benzene ring substituents is 1. The van der Waals surface area contributed by atoms with Crippen LogP contribution in [0.3, 0.4) is 0 Å². The normalized spacial score (nSPS) is 33.5. The molecule has 6 heteroatoms. The van der Waals surface area contributed by atoms with Crippen molar-refractivity contribution in [3.63, 3.8) is 0 Å². The van der Waals surface area contributed by atoms with Crippen LogP contribution >= 0.6 is 11.6 Å². The van der Waals surface area contributed by atoms with Crippen LogP contribution in [0.4, 0.5) is 11.4 Å². The summed E-state index contributed by atoms with van der Waals surface area (Å²) in [6, 6.07) is 4.16. The van der Waals surface area contributed by atoms with Crippen molar-refractivity contribution in [1.82, 2.24) is 0 Å². The molecule has 4 aliphatic rings. The van der Waals surface area contributed by atoms with E-state index in [1.54, 1.807) is 0 Å². The molecule has 24 heavy (non-hydrogen) atoms. The van der Waals surface area contributed by atoms with Crippen molar-refractivity contribution < 1.29 is 9.72 Å². The van der Waals surface area contributed by atoms with Gasteiger partial charge in [0.25, 0.3) is 5.69 Å². The Balaban J connectivity index is 1.45. The number of carbonyl (C=O) groups is 1. The summed E-state index contributed by atoms with van der Waals surface area (Å²) in [7, 11) is 0. The number of nitro benzene ring substituents is 1. The molecule has 0 spiro atoms. The lowest BCUT2D eigenvalue weighted by molar-refractivity contribution is -0.384. The minimum absolute atomic E-state index is 0.0206. The lowest BCUT2D eigenvalue weighted by Gasteiger charge is -2.56. The number of rotatable bonds is 4. The Bertz CT molecular complexity index is 668. The molecule has 0 radical (unpaired) electrons. The molecule has 0 atom stereocenters. The Hall–Kier alpha value is -1.62. The van der Waals surface area contributed by atoms with Gasteiger partial charge in [-0.25, -0.2) is 0 Å². The fourth-order valence-corrected chi connectivity index (χ4v) is 5.98. The van der Waals surface area contributed by atoms with Gasteiger partial charge in [0, 0.05) is 18.6 Å². The summed E-state index contributed by atoms with van der Waals surface area (Å²) in [5.41, 5.74) is 0.558. The fourth-order valence-electron chi connectivity index (χ4n) is 5.76. The first kappa shape index (κ1) is 15.9. The summed E-state index contributed by atoms with van der Waals surface area (Å²) in [4.78, 5) is 22.8. The number of nitrogens with zero attached hydrogens (tertiary/aromatic N) is 1. The van der Waals surface area contributed by atoms with Crippen molar-refractivity contribution in [2.75, 3.05) is 5.32 Å². The second kappa shape index (κ2) is 5.73. The van der Waals surface area contributed by atoms with Crippen LogP contribution in [0.15, 0.2) is 18.2 Å². The highest BCUT2D eigenvalue weighted by Crippen LogP contribution is 2.61. The summed E-state index contributed by atoms with van der Waals surface area (Å²) < 4.78 is 0. The number of benzene rings is 1. The van der Waals surface area contributed by atoms with E-state index in [4.69, 9.17) is 11.6 Å². The molecular formula is C18H21ClN2O3. The van der Waals surface area contributed by atoms with Gasteiger partial charge in [-0.05, 0) is 67.8 Å². The van der Waals surface area contributed by atoms with Gasteiger partial charge < -0.3 is 5.32 Å². The highest BCUT2D eigenvalue weighted by atomic mass is 35.5. The minimum atomic E-state index is -0.493. The van der Waals surface area contributed by atoms with Gasteiger partial charge in [-0.1, -0.05) is 11.6 Å².